The molecule has 1 atom stereocenters. The largest absolute Gasteiger partial charge is 0.316 e. The Morgan fingerprint density at radius 2 is 1.89 bits per heavy atom. The lowest BCUT2D eigenvalue weighted by Crippen LogP contribution is -2.40. The summed E-state index contributed by atoms with van der Waals surface area (Å²) in [6, 6.07) is 0. The Kier molecular flexibility index (Phi) is 5.04. The highest BCUT2D eigenvalue weighted by molar-refractivity contribution is 7.89. The highest BCUT2D eigenvalue weighted by Crippen LogP contribution is 2.30. The molecule has 0 amide bonds. The van der Waals surface area contributed by atoms with E-state index in [9.17, 15) is 8.42 Å². The number of rotatable bonds is 6. The van der Waals surface area contributed by atoms with Crippen LogP contribution in [-0.2, 0) is 10.0 Å². The molecular formula is C13H26N2O2S. The Bertz CT molecular complexity index is 346. The molecule has 0 radical (unpaired) electrons. The fraction of sp³-hybridized carbons (Fsp3) is 1.00. The minimum Gasteiger partial charge on any atom is -0.316 e. The second kappa shape index (κ2) is 6.35. The zero-order chi connectivity index (χ0) is 13.0. The Labute approximate surface area is 111 Å². The van der Waals surface area contributed by atoms with E-state index in [1.165, 1.54) is 25.7 Å². The first-order valence-electron chi connectivity index (χ1n) is 7.22. The third-order valence-corrected chi connectivity index (χ3v) is 6.25. The fourth-order valence-electron chi connectivity index (χ4n) is 2.81. The molecule has 0 aromatic carbocycles. The van der Waals surface area contributed by atoms with Gasteiger partial charge in [0.25, 0.3) is 0 Å². The zero-order valence-corrected chi connectivity index (χ0v) is 12.2. The van der Waals surface area contributed by atoms with Gasteiger partial charge in [-0.2, -0.15) is 0 Å². The summed E-state index contributed by atoms with van der Waals surface area (Å²) in [6.45, 7) is 2.72. The number of nitrogens with one attached hydrogen (secondary N) is 1. The molecule has 1 aliphatic carbocycles. The molecule has 1 saturated carbocycles. The van der Waals surface area contributed by atoms with Gasteiger partial charge in [0.2, 0.25) is 10.0 Å². The summed E-state index contributed by atoms with van der Waals surface area (Å²) in [7, 11) is -1.28. The van der Waals surface area contributed by atoms with Gasteiger partial charge in [-0.1, -0.05) is 19.3 Å². The van der Waals surface area contributed by atoms with E-state index in [2.05, 4.69) is 5.32 Å². The van der Waals surface area contributed by atoms with Crippen LogP contribution in [-0.4, -0.2) is 45.2 Å². The van der Waals surface area contributed by atoms with Gasteiger partial charge in [-0.05, 0) is 44.2 Å². The molecule has 1 heterocycles. The summed E-state index contributed by atoms with van der Waals surface area (Å²) in [5.41, 5.74) is 0. The molecule has 4 nitrogen and oxygen atoms in total. The van der Waals surface area contributed by atoms with E-state index in [0.29, 0.717) is 24.1 Å². The maximum absolute atomic E-state index is 12.2. The van der Waals surface area contributed by atoms with Gasteiger partial charge < -0.3 is 5.32 Å². The summed E-state index contributed by atoms with van der Waals surface area (Å²) < 4.78 is 25.9. The van der Waals surface area contributed by atoms with Crippen LogP contribution in [0.15, 0.2) is 0 Å². The highest BCUT2D eigenvalue weighted by Gasteiger charge is 2.25. The van der Waals surface area contributed by atoms with Crippen LogP contribution in [0.5, 0.6) is 0 Å². The maximum Gasteiger partial charge on any atom is 0.213 e. The second-order valence-corrected chi connectivity index (χ2v) is 8.09. The van der Waals surface area contributed by atoms with Gasteiger partial charge in [-0.3, -0.25) is 0 Å². The van der Waals surface area contributed by atoms with Gasteiger partial charge >= 0.3 is 0 Å². The number of hydrogen-bond acceptors (Lipinski definition) is 3. The fourth-order valence-corrected chi connectivity index (χ4v) is 4.19. The molecule has 1 N–H and O–H groups in total. The minimum atomic E-state index is -3.03. The number of hydrogen-bond donors (Lipinski definition) is 1. The van der Waals surface area contributed by atoms with E-state index in [1.54, 1.807) is 11.4 Å². The Hall–Kier alpha value is -0.130. The molecule has 0 aromatic heterocycles. The van der Waals surface area contributed by atoms with Crippen LogP contribution in [0.3, 0.4) is 0 Å². The van der Waals surface area contributed by atoms with E-state index >= 15 is 0 Å². The first-order chi connectivity index (χ1) is 8.58. The van der Waals surface area contributed by atoms with Crippen LogP contribution in [0.25, 0.3) is 0 Å². The van der Waals surface area contributed by atoms with Crippen molar-refractivity contribution in [2.24, 2.45) is 11.8 Å². The van der Waals surface area contributed by atoms with Crippen molar-refractivity contribution in [3.8, 4) is 0 Å². The van der Waals surface area contributed by atoms with E-state index in [0.717, 1.165) is 25.9 Å². The van der Waals surface area contributed by atoms with Gasteiger partial charge in [0, 0.05) is 13.6 Å². The molecule has 0 spiro atoms. The average molecular weight is 274 g/mol. The van der Waals surface area contributed by atoms with Gasteiger partial charge in [-0.25, -0.2) is 12.7 Å². The lowest BCUT2D eigenvalue weighted by Gasteiger charge is -2.29. The van der Waals surface area contributed by atoms with Crippen molar-refractivity contribution in [1.82, 2.24) is 9.62 Å². The standard InChI is InChI=1S/C13H26N2O2S/c1-15(11-13-6-3-8-14-10-13)18(16,17)9-7-12-4-2-5-12/h12-14H,2-11H2,1H3. The van der Waals surface area contributed by atoms with Gasteiger partial charge in [0.15, 0.2) is 0 Å². The quantitative estimate of drug-likeness (QED) is 0.797. The van der Waals surface area contributed by atoms with E-state index < -0.39 is 10.0 Å². The van der Waals surface area contributed by atoms with E-state index in [-0.39, 0.29) is 0 Å². The molecule has 1 unspecified atom stereocenters. The first kappa shape index (κ1) is 14.3. The normalized spacial score (nSPS) is 26.2. The maximum atomic E-state index is 12.2. The highest BCUT2D eigenvalue weighted by atomic mass is 32.2. The Morgan fingerprint density at radius 3 is 2.44 bits per heavy atom. The van der Waals surface area contributed by atoms with Crippen LogP contribution in [0, 0.1) is 11.8 Å². The predicted octanol–water partition coefficient (Wildman–Crippen LogP) is 1.44. The summed E-state index contributed by atoms with van der Waals surface area (Å²) in [4.78, 5) is 0. The number of nitrogens with zero attached hydrogens (tertiary/aromatic N) is 1. The molecule has 2 rings (SSSR count). The van der Waals surface area contributed by atoms with Crippen molar-refractivity contribution in [2.45, 2.75) is 38.5 Å². The first-order valence-corrected chi connectivity index (χ1v) is 8.83. The molecule has 0 aromatic rings. The van der Waals surface area contributed by atoms with Crippen molar-refractivity contribution < 1.29 is 8.42 Å². The van der Waals surface area contributed by atoms with Crippen LogP contribution in [0.1, 0.15) is 38.5 Å². The minimum absolute atomic E-state index is 0.342. The zero-order valence-electron chi connectivity index (χ0n) is 11.4. The van der Waals surface area contributed by atoms with Crippen molar-refractivity contribution in [2.75, 3.05) is 32.4 Å². The van der Waals surface area contributed by atoms with Gasteiger partial charge in [0.05, 0.1) is 5.75 Å². The molecule has 0 bridgehead atoms. The van der Waals surface area contributed by atoms with Gasteiger partial charge in [0.1, 0.15) is 0 Å². The SMILES string of the molecule is CN(CC1CCCNC1)S(=O)(=O)CCC1CCC1. The summed E-state index contributed by atoms with van der Waals surface area (Å²) in [5.74, 6) is 1.50. The molecule has 1 aliphatic heterocycles. The predicted molar refractivity (Wildman–Crippen MR) is 74.0 cm³/mol. The summed E-state index contributed by atoms with van der Waals surface area (Å²) >= 11 is 0. The van der Waals surface area contributed by atoms with Crippen molar-refractivity contribution >= 4 is 10.0 Å². The monoisotopic (exact) mass is 274 g/mol. The van der Waals surface area contributed by atoms with Gasteiger partial charge in [-0.15, -0.1) is 0 Å². The van der Waals surface area contributed by atoms with Crippen molar-refractivity contribution in [1.29, 1.82) is 0 Å². The molecule has 2 aliphatic rings. The smallest absolute Gasteiger partial charge is 0.213 e. The van der Waals surface area contributed by atoms with E-state index in [4.69, 9.17) is 0 Å². The molecule has 5 heteroatoms. The van der Waals surface area contributed by atoms with Crippen LogP contribution in [0.4, 0.5) is 0 Å². The van der Waals surface area contributed by atoms with Crippen LogP contribution < -0.4 is 5.32 Å². The molecular weight excluding hydrogens is 248 g/mol. The Morgan fingerprint density at radius 1 is 1.17 bits per heavy atom. The van der Waals surface area contributed by atoms with Crippen LogP contribution in [0.2, 0.25) is 0 Å². The third-order valence-electron chi connectivity index (χ3n) is 4.40. The average Bonchev–Trinajstić information content (AvgIpc) is 2.28. The second-order valence-electron chi connectivity index (χ2n) is 5.89. The number of piperidine rings is 1. The molecule has 18 heavy (non-hydrogen) atoms. The van der Waals surface area contributed by atoms with Crippen molar-refractivity contribution in [3.05, 3.63) is 0 Å². The topological polar surface area (TPSA) is 49.4 Å². The van der Waals surface area contributed by atoms with Crippen molar-refractivity contribution in [3.63, 3.8) is 0 Å². The lowest BCUT2D eigenvalue weighted by atomic mass is 9.84. The Balaban J connectivity index is 1.75. The molecule has 2 fully saturated rings. The van der Waals surface area contributed by atoms with Crippen LogP contribution >= 0.6 is 0 Å². The lowest BCUT2D eigenvalue weighted by molar-refractivity contribution is 0.298. The van der Waals surface area contributed by atoms with E-state index in [1.807, 2.05) is 0 Å². The third kappa shape index (κ3) is 3.93. The molecule has 106 valence electrons. The number of sulfonamides is 1. The molecule has 1 saturated heterocycles. The summed E-state index contributed by atoms with van der Waals surface area (Å²) in [6.07, 6.45) is 6.91. The summed E-state index contributed by atoms with van der Waals surface area (Å²) in [5, 5.41) is 3.34.